The molecule has 4 aromatic rings. The van der Waals surface area contributed by atoms with E-state index in [1.807, 2.05) is 56.3 Å². The predicted molar refractivity (Wildman–Crippen MR) is 118 cm³/mol. The van der Waals surface area contributed by atoms with Gasteiger partial charge >= 0.3 is 0 Å². The first-order valence-corrected chi connectivity index (χ1v) is 9.90. The molecule has 2 aromatic carbocycles. The average Bonchev–Trinajstić information content (AvgIpc) is 3.20. The molecule has 0 unspecified atom stereocenters. The van der Waals surface area contributed by atoms with Gasteiger partial charge < -0.3 is 15.4 Å². The average molecular weight is 404 g/mol. The zero-order valence-corrected chi connectivity index (χ0v) is 17.1. The number of thiazole rings is 1. The van der Waals surface area contributed by atoms with Crippen molar-refractivity contribution in [1.29, 1.82) is 0 Å². The quantitative estimate of drug-likeness (QED) is 0.471. The van der Waals surface area contributed by atoms with Crippen molar-refractivity contribution in [1.82, 2.24) is 9.97 Å². The van der Waals surface area contributed by atoms with Gasteiger partial charge in [0.1, 0.15) is 10.6 Å². The van der Waals surface area contributed by atoms with E-state index in [4.69, 9.17) is 4.74 Å². The number of methoxy groups -OCH3 is 1. The van der Waals surface area contributed by atoms with Gasteiger partial charge in [0.15, 0.2) is 5.13 Å². The van der Waals surface area contributed by atoms with Gasteiger partial charge in [-0.2, -0.15) is 0 Å². The fraction of sp³-hybridized carbons (Fsp3) is 0.136. The van der Waals surface area contributed by atoms with Gasteiger partial charge in [0, 0.05) is 17.1 Å². The Bertz CT molecular complexity index is 1200. The second-order valence-corrected chi connectivity index (χ2v) is 7.60. The van der Waals surface area contributed by atoms with E-state index < -0.39 is 0 Å². The smallest absolute Gasteiger partial charge is 0.267 e. The number of carbonyl (C=O) groups is 1. The monoisotopic (exact) mass is 404 g/mol. The van der Waals surface area contributed by atoms with Gasteiger partial charge in [-0.25, -0.2) is 4.98 Å². The van der Waals surface area contributed by atoms with Gasteiger partial charge in [-0.15, -0.1) is 0 Å². The van der Waals surface area contributed by atoms with Gasteiger partial charge in [-0.1, -0.05) is 35.6 Å². The van der Waals surface area contributed by atoms with Crippen LogP contribution in [0.2, 0.25) is 0 Å². The molecular weight excluding hydrogens is 384 g/mol. The van der Waals surface area contributed by atoms with Crippen LogP contribution in [0.3, 0.4) is 0 Å². The highest BCUT2D eigenvalue weighted by Gasteiger charge is 2.15. The maximum absolute atomic E-state index is 12.8. The summed E-state index contributed by atoms with van der Waals surface area (Å²) in [4.78, 5) is 22.1. The van der Waals surface area contributed by atoms with Gasteiger partial charge in [0.2, 0.25) is 0 Å². The number of anilines is 3. The zero-order chi connectivity index (χ0) is 20.4. The van der Waals surface area contributed by atoms with Crippen molar-refractivity contribution in [3.63, 3.8) is 0 Å². The lowest BCUT2D eigenvalue weighted by Crippen LogP contribution is -2.12. The summed E-state index contributed by atoms with van der Waals surface area (Å²) < 4.78 is 5.36. The summed E-state index contributed by atoms with van der Waals surface area (Å²) in [7, 11) is 1.62. The highest BCUT2D eigenvalue weighted by Crippen LogP contribution is 2.31. The zero-order valence-electron chi connectivity index (χ0n) is 16.3. The van der Waals surface area contributed by atoms with E-state index >= 15 is 0 Å². The Morgan fingerprint density at radius 1 is 1.07 bits per heavy atom. The Kier molecular flexibility index (Phi) is 5.14. The summed E-state index contributed by atoms with van der Waals surface area (Å²) in [5.74, 6) is 0.534. The molecule has 29 heavy (non-hydrogen) atoms. The number of nitrogens with one attached hydrogen (secondary N) is 2. The molecule has 1 amide bonds. The first kappa shape index (κ1) is 18.9. The van der Waals surface area contributed by atoms with Gasteiger partial charge in [-0.05, 0) is 37.6 Å². The number of rotatable bonds is 5. The SMILES string of the molecule is COc1ccc(C)c(NC(=O)c2cnc(Nc3cccc4cccnc34)s2)c1C. The van der Waals surface area contributed by atoms with Crippen molar-refractivity contribution in [2.75, 3.05) is 17.7 Å². The number of para-hydroxylation sites is 1. The highest BCUT2D eigenvalue weighted by molar-refractivity contribution is 7.17. The second kappa shape index (κ2) is 7.89. The predicted octanol–water partition coefficient (Wildman–Crippen LogP) is 5.31. The molecule has 6 nitrogen and oxygen atoms in total. The normalized spacial score (nSPS) is 10.7. The third kappa shape index (κ3) is 3.77. The maximum Gasteiger partial charge on any atom is 0.267 e. The molecule has 146 valence electrons. The number of pyridine rings is 1. The van der Waals surface area contributed by atoms with Crippen molar-refractivity contribution < 1.29 is 9.53 Å². The van der Waals surface area contributed by atoms with E-state index in [9.17, 15) is 4.79 Å². The van der Waals surface area contributed by atoms with Gasteiger partial charge in [0.05, 0.1) is 30.2 Å². The van der Waals surface area contributed by atoms with E-state index in [0.29, 0.717) is 10.0 Å². The molecule has 4 rings (SSSR count). The van der Waals surface area contributed by atoms with Crippen molar-refractivity contribution in [3.05, 3.63) is 70.9 Å². The molecule has 0 bridgehead atoms. The number of carbonyl (C=O) groups excluding carboxylic acids is 1. The van der Waals surface area contributed by atoms with Crippen molar-refractivity contribution >= 4 is 44.7 Å². The molecule has 0 atom stereocenters. The molecule has 2 aromatic heterocycles. The lowest BCUT2D eigenvalue weighted by molar-refractivity contribution is 0.103. The van der Waals surface area contributed by atoms with Crippen molar-refractivity contribution in [2.45, 2.75) is 13.8 Å². The standard InChI is InChI=1S/C22H20N4O2S/c1-13-9-10-17(28-3)14(2)19(13)26-21(27)18-12-24-22(29-18)25-16-8-4-6-15-7-5-11-23-20(15)16/h4-12H,1-3H3,(H,24,25)(H,26,27). The molecule has 0 saturated heterocycles. The molecule has 0 fully saturated rings. The molecule has 0 aliphatic rings. The topological polar surface area (TPSA) is 76.1 Å². The summed E-state index contributed by atoms with van der Waals surface area (Å²) in [6.07, 6.45) is 3.33. The lowest BCUT2D eigenvalue weighted by atomic mass is 10.1. The molecular formula is C22H20N4O2S. The van der Waals surface area contributed by atoms with E-state index in [2.05, 4.69) is 20.6 Å². The van der Waals surface area contributed by atoms with Crippen LogP contribution < -0.4 is 15.4 Å². The fourth-order valence-corrected chi connectivity index (χ4v) is 3.90. The minimum atomic E-state index is -0.203. The van der Waals surface area contributed by atoms with Gasteiger partial charge in [0.25, 0.3) is 5.91 Å². The van der Waals surface area contributed by atoms with Gasteiger partial charge in [-0.3, -0.25) is 9.78 Å². The molecule has 0 aliphatic carbocycles. The molecule has 0 saturated carbocycles. The lowest BCUT2D eigenvalue weighted by Gasteiger charge is -2.14. The third-order valence-corrected chi connectivity index (χ3v) is 5.60. The molecule has 0 spiro atoms. The molecule has 0 radical (unpaired) electrons. The minimum absolute atomic E-state index is 0.203. The summed E-state index contributed by atoms with van der Waals surface area (Å²) >= 11 is 1.29. The summed E-state index contributed by atoms with van der Waals surface area (Å²) in [6.45, 7) is 3.88. The van der Waals surface area contributed by atoms with Crippen LogP contribution in [-0.2, 0) is 0 Å². The summed E-state index contributed by atoms with van der Waals surface area (Å²) in [6, 6.07) is 13.6. The highest BCUT2D eigenvalue weighted by atomic mass is 32.1. The molecule has 0 aliphatic heterocycles. The van der Waals surface area contributed by atoms with Crippen LogP contribution in [0.1, 0.15) is 20.8 Å². The number of nitrogens with zero attached hydrogens (tertiary/aromatic N) is 2. The second-order valence-electron chi connectivity index (χ2n) is 6.57. The van der Waals surface area contributed by atoms with Crippen LogP contribution in [0.25, 0.3) is 10.9 Å². The van der Waals surface area contributed by atoms with E-state index in [1.54, 1.807) is 19.5 Å². The number of amides is 1. The van der Waals surface area contributed by atoms with Crippen molar-refractivity contribution in [2.24, 2.45) is 0 Å². The number of aryl methyl sites for hydroxylation is 1. The Hall–Kier alpha value is -3.45. The number of benzene rings is 2. The fourth-order valence-electron chi connectivity index (χ4n) is 3.17. The Morgan fingerprint density at radius 2 is 1.90 bits per heavy atom. The number of hydrogen-bond donors (Lipinski definition) is 2. The van der Waals surface area contributed by atoms with Crippen LogP contribution >= 0.6 is 11.3 Å². The first-order chi connectivity index (χ1) is 14.1. The maximum atomic E-state index is 12.8. The van der Waals surface area contributed by atoms with Crippen molar-refractivity contribution in [3.8, 4) is 5.75 Å². The Balaban J connectivity index is 1.56. The molecule has 7 heteroatoms. The summed E-state index contributed by atoms with van der Waals surface area (Å²) in [5, 5.41) is 7.93. The van der Waals surface area contributed by atoms with Crippen LogP contribution in [0.15, 0.2) is 54.9 Å². The number of hydrogen-bond acceptors (Lipinski definition) is 6. The van der Waals surface area contributed by atoms with Crippen LogP contribution in [0, 0.1) is 13.8 Å². The number of aromatic nitrogens is 2. The van der Waals surface area contributed by atoms with Crippen LogP contribution in [0.4, 0.5) is 16.5 Å². The van der Waals surface area contributed by atoms with Crippen LogP contribution in [0.5, 0.6) is 5.75 Å². The number of fused-ring (bicyclic) bond motifs is 1. The molecule has 2 N–H and O–H groups in total. The van der Waals surface area contributed by atoms with E-state index in [1.165, 1.54) is 11.3 Å². The largest absolute Gasteiger partial charge is 0.496 e. The Labute approximate surface area is 172 Å². The Morgan fingerprint density at radius 3 is 2.72 bits per heavy atom. The minimum Gasteiger partial charge on any atom is -0.496 e. The van der Waals surface area contributed by atoms with Crippen LogP contribution in [-0.4, -0.2) is 23.0 Å². The number of ether oxygens (including phenoxy) is 1. The summed E-state index contributed by atoms with van der Waals surface area (Å²) in [5.41, 5.74) is 4.34. The first-order valence-electron chi connectivity index (χ1n) is 9.09. The van der Waals surface area contributed by atoms with E-state index in [-0.39, 0.29) is 5.91 Å². The molecule has 2 heterocycles. The van der Waals surface area contributed by atoms with E-state index in [0.717, 1.165) is 39.2 Å². The third-order valence-electron chi connectivity index (χ3n) is 4.69.